The van der Waals surface area contributed by atoms with Gasteiger partial charge in [0.05, 0.1) is 0 Å². The molecule has 3 heteroatoms. The average molecular weight is 306 g/mol. The van der Waals surface area contributed by atoms with E-state index in [2.05, 4.69) is 33.8 Å². The number of fused-ring (bicyclic) bond motifs is 1. The molecule has 5 atom stereocenters. The van der Waals surface area contributed by atoms with E-state index in [9.17, 15) is 9.90 Å². The number of allylic oxidation sites excluding steroid dienone is 1. The Morgan fingerprint density at radius 1 is 1.27 bits per heavy atom. The molecule has 0 aromatic heterocycles. The van der Waals surface area contributed by atoms with Crippen LogP contribution in [0.5, 0.6) is 0 Å². The zero-order chi connectivity index (χ0) is 16.1. The molecule has 124 valence electrons. The van der Waals surface area contributed by atoms with E-state index in [1.807, 2.05) is 0 Å². The van der Waals surface area contributed by atoms with Gasteiger partial charge in [-0.2, -0.15) is 0 Å². The number of aliphatic hydroxyl groups is 1. The van der Waals surface area contributed by atoms with Gasteiger partial charge < -0.3 is 9.84 Å². The number of cyclic esters (lactones) is 1. The van der Waals surface area contributed by atoms with Crippen molar-refractivity contribution in [3.8, 4) is 0 Å². The first-order valence-corrected chi connectivity index (χ1v) is 8.88. The molecule has 0 aromatic rings. The van der Waals surface area contributed by atoms with Crippen LogP contribution < -0.4 is 0 Å². The Labute approximate surface area is 134 Å². The lowest BCUT2D eigenvalue weighted by atomic mass is 9.59. The molecule has 1 heterocycles. The van der Waals surface area contributed by atoms with E-state index >= 15 is 0 Å². The van der Waals surface area contributed by atoms with Crippen molar-refractivity contribution in [3.63, 3.8) is 0 Å². The number of ether oxygens (including phenoxy) is 1. The summed E-state index contributed by atoms with van der Waals surface area (Å²) in [5.41, 5.74) is 1.32. The normalized spacial score (nSPS) is 41.1. The zero-order valence-electron chi connectivity index (χ0n) is 14.3. The maximum Gasteiger partial charge on any atom is 0.335 e. The molecule has 0 spiro atoms. The number of hydrogen-bond acceptors (Lipinski definition) is 3. The summed E-state index contributed by atoms with van der Waals surface area (Å²) >= 11 is 0. The van der Waals surface area contributed by atoms with Crippen LogP contribution in [0.2, 0.25) is 0 Å². The van der Waals surface area contributed by atoms with Crippen molar-refractivity contribution in [1.82, 2.24) is 0 Å². The first-order valence-electron chi connectivity index (χ1n) is 8.88. The summed E-state index contributed by atoms with van der Waals surface area (Å²) in [6, 6.07) is 0. The highest BCUT2D eigenvalue weighted by atomic mass is 16.6. The van der Waals surface area contributed by atoms with Crippen LogP contribution in [-0.4, -0.2) is 23.3 Å². The Morgan fingerprint density at radius 2 is 2.00 bits per heavy atom. The van der Waals surface area contributed by atoms with E-state index in [1.165, 1.54) is 31.3 Å². The zero-order valence-corrected chi connectivity index (χ0v) is 14.3. The Balaban J connectivity index is 1.80. The van der Waals surface area contributed by atoms with E-state index in [1.54, 1.807) is 0 Å². The van der Waals surface area contributed by atoms with E-state index in [-0.39, 0.29) is 11.5 Å². The van der Waals surface area contributed by atoms with E-state index in [0.717, 1.165) is 17.8 Å². The molecular weight excluding hydrogens is 276 g/mol. The van der Waals surface area contributed by atoms with Gasteiger partial charge in [0.1, 0.15) is 6.10 Å². The third kappa shape index (κ3) is 2.84. The van der Waals surface area contributed by atoms with Crippen LogP contribution in [0.4, 0.5) is 0 Å². The van der Waals surface area contributed by atoms with Crippen LogP contribution in [0.1, 0.15) is 59.8 Å². The molecule has 2 fully saturated rings. The van der Waals surface area contributed by atoms with Gasteiger partial charge >= 0.3 is 5.97 Å². The fourth-order valence-corrected chi connectivity index (χ4v) is 4.91. The maximum atomic E-state index is 11.5. The first-order chi connectivity index (χ1) is 10.3. The molecule has 1 saturated carbocycles. The second kappa shape index (κ2) is 5.67. The summed E-state index contributed by atoms with van der Waals surface area (Å²) in [4.78, 5) is 11.5. The van der Waals surface area contributed by atoms with Gasteiger partial charge in [0, 0.05) is 6.42 Å². The summed E-state index contributed by atoms with van der Waals surface area (Å²) in [7, 11) is 0. The Kier molecular flexibility index (Phi) is 4.13. The van der Waals surface area contributed by atoms with Crippen molar-refractivity contribution in [2.24, 2.45) is 29.1 Å². The molecule has 0 amide bonds. The van der Waals surface area contributed by atoms with Gasteiger partial charge in [-0.3, -0.25) is 0 Å². The highest BCUT2D eigenvalue weighted by molar-refractivity contribution is 5.77. The first kappa shape index (κ1) is 16.0. The fraction of sp³-hybridized carbons (Fsp3) is 0.842. The van der Waals surface area contributed by atoms with Gasteiger partial charge in [0.2, 0.25) is 0 Å². The lowest BCUT2D eigenvalue weighted by Crippen LogP contribution is -2.38. The van der Waals surface area contributed by atoms with E-state index < -0.39 is 12.1 Å². The third-order valence-electron chi connectivity index (χ3n) is 6.29. The molecule has 3 nitrogen and oxygen atoms in total. The minimum atomic E-state index is -0.934. The van der Waals surface area contributed by atoms with Crippen LogP contribution >= 0.6 is 0 Å². The van der Waals surface area contributed by atoms with E-state index in [4.69, 9.17) is 4.74 Å². The molecular formula is C19H30O3. The Bertz CT molecular complexity index is 477. The number of carbonyl (C=O) groups excluding carboxylic acids is 1. The number of rotatable bonds is 2. The van der Waals surface area contributed by atoms with E-state index in [0.29, 0.717) is 12.3 Å². The van der Waals surface area contributed by atoms with Crippen molar-refractivity contribution in [2.75, 3.05) is 0 Å². The Hall–Kier alpha value is -0.830. The van der Waals surface area contributed by atoms with Crippen LogP contribution in [-0.2, 0) is 9.53 Å². The van der Waals surface area contributed by atoms with Gasteiger partial charge in [-0.05, 0) is 60.3 Å². The lowest BCUT2D eigenvalue weighted by molar-refractivity contribution is -0.146. The van der Waals surface area contributed by atoms with Gasteiger partial charge in [0.25, 0.3) is 0 Å². The standard InChI is InChI=1S/C19H30O3/c1-11(2)12-5-6-13-8-15(17-9-16(20)18(21)22-17)19(3,4)10-14(13)7-12/h8,11-14,16-17,20H,5-7,9-10H2,1-4H3/t12-,13+,14+,16-,17+/m1/s1. The van der Waals surface area contributed by atoms with Crippen LogP contribution in [0.15, 0.2) is 11.6 Å². The van der Waals surface area contributed by atoms with Crippen molar-refractivity contribution < 1.29 is 14.6 Å². The SMILES string of the molecule is CC(C)[C@@H]1CC[C@H]2C=C([C@@H]3C[C@@H](O)C(=O)O3)C(C)(C)C[C@@H]2C1. The summed E-state index contributed by atoms with van der Waals surface area (Å²) in [5, 5.41) is 9.70. The monoisotopic (exact) mass is 306 g/mol. The van der Waals surface area contributed by atoms with Gasteiger partial charge in [-0.15, -0.1) is 0 Å². The summed E-state index contributed by atoms with van der Waals surface area (Å²) in [5.74, 6) is 2.59. The quantitative estimate of drug-likeness (QED) is 0.625. The highest BCUT2D eigenvalue weighted by Gasteiger charge is 2.45. The predicted octanol–water partition coefficient (Wildman–Crippen LogP) is 3.71. The molecule has 22 heavy (non-hydrogen) atoms. The van der Waals surface area contributed by atoms with Crippen LogP contribution in [0.3, 0.4) is 0 Å². The maximum absolute atomic E-state index is 11.5. The topological polar surface area (TPSA) is 46.5 Å². The average Bonchev–Trinajstić information content (AvgIpc) is 2.75. The molecule has 1 aliphatic heterocycles. The van der Waals surface area contributed by atoms with Crippen LogP contribution in [0.25, 0.3) is 0 Å². The smallest absolute Gasteiger partial charge is 0.335 e. The second-order valence-electron chi connectivity index (χ2n) is 8.63. The van der Waals surface area contributed by atoms with Crippen LogP contribution in [0, 0.1) is 29.1 Å². The highest BCUT2D eigenvalue weighted by Crippen LogP contribution is 2.51. The van der Waals surface area contributed by atoms with Crippen molar-refractivity contribution in [2.45, 2.75) is 72.0 Å². The van der Waals surface area contributed by atoms with Crippen molar-refractivity contribution >= 4 is 5.97 Å². The molecule has 0 bridgehead atoms. The minimum absolute atomic E-state index is 0.0645. The number of esters is 1. The number of carbonyl (C=O) groups is 1. The molecule has 0 radical (unpaired) electrons. The fourth-order valence-electron chi connectivity index (χ4n) is 4.91. The van der Waals surface area contributed by atoms with Gasteiger partial charge in [-0.25, -0.2) is 4.79 Å². The van der Waals surface area contributed by atoms with Gasteiger partial charge in [0.15, 0.2) is 6.10 Å². The molecule has 1 N–H and O–H groups in total. The molecule has 0 aromatic carbocycles. The lowest BCUT2D eigenvalue weighted by Gasteiger charge is -2.46. The van der Waals surface area contributed by atoms with Gasteiger partial charge in [-0.1, -0.05) is 33.8 Å². The second-order valence-corrected chi connectivity index (χ2v) is 8.63. The summed E-state index contributed by atoms with van der Waals surface area (Å²) < 4.78 is 5.43. The number of hydrogen-bond donors (Lipinski definition) is 1. The summed E-state index contributed by atoms with van der Waals surface area (Å²) in [6.45, 7) is 9.23. The third-order valence-corrected chi connectivity index (χ3v) is 6.29. The minimum Gasteiger partial charge on any atom is -0.456 e. The molecule has 3 aliphatic rings. The predicted molar refractivity (Wildman–Crippen MR) is 86.1 cm³/mol. The number of aliphatic hydroxyl groups excluding tert-OH is 1. The molecule has 2 aliphatic carbocycles. The van der Waals surface area contributed by atoms with Crippen molar-refractivity contribution in [3.05, 3.63) is 11.6 Å². The Morgan fingerprint density at radius 3 is 2.59 bits per heavy atom. The summed E-state index contributed by atoms with van der Waals surface area (Å²) in [6.07, 6.45) is 6.78. The molecule has 0 unspecified atom stereocenters. The molecule has 1 saturated heterocycles. The molecule has 3 rings (SSSR count). The largest absolute Gasteiger partial charge is 0.456 e. The van der Waals surface area contributed by atoms with Crippen molar-refractivity contribution in [1.29, 1.82) is 0 Å².